The van der Waals surface area contributed by atoms with Crippen LogP contribution in [-0.2, 0) is 9.84 Å². The van der Waals surface area contributed by atoms with Gasteiger partial charge in [0.2, 0.25) is 0 Å². The van der Waals surface area contributed by atoms with Gasteiger partial charge in [0.05, 0.1) is 11.5 Å². The predicted octanol–water partition coefficient (Wildman–Crippen LogP) is 0.233. The fraction of sp³-hybridized carbons (Fsp3) is 1.00. The van der Waals surface area contributed by atoms with Gasteiger partial charge in [0.25, 0.3) is 0 Å². The third kappa shape index (κ3) is 4.09. The molecule has 15 heavy (non-hydrogen) atoms. The van der Waals surface area contributed by atoms with Crippen LogP contribution in [0.5, 0.6) is 0 Å². The molecule has 0 aliphatic carbocycles. The van der Waals surface area contributed by atoms with Crippen molar-refractivity contribution in [3.8, 4) is 0 Å². The Balaban J connectivity index is 2.44. The van der Waals surface area contributed by atoms with Crippen molar-refractivity contribution >= 4 is 9.84 Å². The summed E-state index contributed by atoms with van der Waals surface area (Å²) < 4.78 is 22.7. The van der Waals surface area contributed by atoms with Crippen LogP contribution >= 0.6 is 0 Å². The smallest absolute Gasteiger partial charge is 0.153 e. The van der Waals surface area contributed by atoms with Gasteiger partial charge in [0, 0.05) is 25.2 Å². The minimum absolute atomic E-state index is 0.117. The number of nitrogens with two attached hydrogens (primary N) is 1. The molecule has 1 aliphatic rings. The summed E-state index contributed by atoms with van der Waals surface area (Å²) >= 11 is 0. The van der Waals surface area contributed by atoms with Crippen molar-refractivity contribution in [1.29, 1.82) is 0 Å². The van der Waals surface area contributed by atoms with Crippen LogP contribution in [0.4, 0.5) is 0 Å². The van der Waals surface area contributed by atoms with E-state index in [1.807, 2.05) is 6.92 Å². The Bertz CT molecular complexity index is 290. The van der Waals surface area contributed by atoms with Gasteiger partial charge >= 0.3 is 0 Å². The van der Waals surface area contributed by atoms with E-state index in [9.17, 15) is 8.42 Å². The predicted molar refractivity (Wildman–Crippen MR) is 62.6 cm³/mol. The SMILES string of the molecule is CCCC(N)CN1CCS(=O)(=O)CC1C. The fourth-order valence-electron chi connectivity index (χ4n) is 2.07. The second-order valence-electron chi connectivity index (χ2n) is 4.51. The first-order valence-electron chi connectivity index (χ1n) is 5.64. The van der Waals surface area contributed by atoms with Crippen LogP contribution in [0.3, 0.4) is 0 Å². The molecular weight excluding hydrogens is 212 g/mol. The summed E-state index contributed by atoms with van der Waals surface area (Å²) in [5.74, 6) is 0.571. The van der Waals surface area contributed by atoms with Crippen LogP contribution < -0.4 is 5.73 Å². The zero-order valence-electron chi connectivity index (χ0n) is 9.65. The average molecular weight is 234 g/mol. The van der Waals surface area contributed by atoms with Crippen molar-refractivity contribution < 1.29 is 8.42 Å². The van der Waals surface area contributed by atoms with Crippen LogP contribution in [0.25, 0.3) is 0 Å². The molecule has 4 nitrogen and oxygen atoms in total. The molecule has 5 heteroatoms. The molecule has 1 rings (SSSR count). The van der Waals surface area contributed by atoms with Crippen LogP contribution in [0.2, 0.25) is 0 Å². The molecule has 2 N–H and O–H groups in total. The van der Waals surface area contributed by atoms with Crippen LogP contribution in [0.1, 0.15) is 26.7 Å². The Hall–Kier alpha value is -0.130. The quantitative estimate of drug-likeness (QED) is 0.756. The number of nitrogens with zero attached hydrogens (tertiary/aromatic N) is 1. The number of hydrogen-bond donors (Lipinski definition) is 1. The van der Waals surface area contributed by atoms with Gasteiger partial charge in [-0.25, -0.2) is 8.42 Å². The van der Waals surface area contributed by atoms with Crippen LogP contribution in [-0.4, -0.2) is 50.0 Å². The fourth-order valence-corrected chi connectivity index (χ4v) is 3.69. The molecule has 90 valence electrons. The molecule has 0 bridgehead atoms. The first kappa shape index (κ1) is 12.9. The van der Waals surface area contributed by atoms with Gasteiger partial charge in [-0.1, -0.05) is 13.3 Å². The van der Waals surface area contributed by atoms with Gasteiger partial charge < -0.3 is 5.73 Å². The Kier molecular flexibility index (Phi) is 4.55. The zero-order valence-corrected chi connectivity index (χ0v) is 10.5. The number of rotatable bonds is 4. The van der Waals surface area contributed by atoms with E-state index in [-0.39, 0.29) is 23.6 Å². The molecule has 0 aromatic rings. The van der Waals surface area contributed by atoms with Gasteiger partial charge in [-0.3, -0.25) is 4.90 Å². The second kappa shape index (κ2) is 5.27. The molecular formula is C10H22N2O2S. The molecule has 2 unspecified atom stereocenters. The number of sulfone groups is 1. The summed E-state index contributed by atoms with van der Waals surface area (Å²) in [5.41, 5.74) is 5.95. The van der Waals surface area contributed by atoms with Crippen LogP contribution in [0.15, 0.2) is 0 Å². The lowest BCUT2D eigenvalue weighted by molar-refractivity contribution is 0.210. The van der Waals surface area contributed by atoms with Crippen LogP contribution in [0, 0.1) is 0 Å². The summed E-state index contributed by atoms with van der Waals surface area (Å²) in [6, 6.07) is 0.296. The first-order valence-corrected chi connectivity index (χ1v) is 7.47. The lowest BCUT2D eigenvalue weighted by Crippen LogP contribution is -2.50. The van der Waals surface area contributed by atoms with E-state index in [1.165, 1.54) is 0 Å². The largest absolute Gasteiger partial charge is 0.327 e. The highest BCUT2D eigenvalue weighted by Crippen LogP contribution is 2.12. The maximum atomic E-state index is 11.4. The van der Waals surface area contributed by atoms with Crippen molar-refractivity contribution in [3.63, 3.8) is 0 Å². The van der Waals surface area contributed by atoms with Gasteiger partial charge in [-0.15, -0.1) is 0 Å². The molecule has 2 atom stereocenters. The van der Waals surface area contributed by atoms with E-state index in [2.05, 4.69) is 11.8 Å². The molecule has 1 aliphatic heterocycles. The van der Waals surface area contributed by atoms with E-state index in [0.29, 0.717) is 6.54 Å². The van der Waals surface area contributed by atoms with Crippen molar-refractivity contribution in [2.45, 2.75) is 38.8 Å². The molecule has 0 radical (unpaired) electrons. The Labute approximate surface area is 92.7 Å². The maximum absolute atomic E-state index is 11.4. The summed E-state index contributed by atoms with van der Waals surface area (Å²) in [7, 11) is -2.80. The Morgan fingerprint density at radius 1 is 1.53 bits per heavy atom. The molecule has 1 saturated heterocycles. The molecule has 0 saturated carbocycles. The van der Waals surface area contributed by atoms with Gasteiger partial charge in [-0.2, -0.15) is 0 Å². The summed E-state index contributed by atoms with van der Waals surface area (Å²) in [6.07, 6.45) is 2.09. The maximum Gasteiger partial charge on any atom is 0.153 e. The van der Waals surface area contributed by atoms with Gasteiger partial charge in [-0.05, 0) is 13.3 Å². The average Bonchev–Trinajstić information content (AvgIpc) is 2.10. The molecule has 1 fully saturated rings. The summed E-state index contributed by atoms with van der Waals surface area (Å²) in [6.45, 7) is 5.55. The minimum Gasteiger partial charge on any atom is -0.327 e. The second-order valence-corrected chi connectivity index (χ2v) is 6.74. The minimum atomic E-state index is -2.80. The van der Waals surface area contributed by atoms with Crippen molar-refractivity contribution in [2.24, 2.45) is 5.73 Å². The lowest BCUT2D eigenvalue weighted by Gasteiger charge is -2.34. The van der Waals surface area contributed by atoms with E-state index in [4.69, 9.17) is 5.73 Å². The molecule has 0 aromatic heterocycles. The number of hydrogen-bond acceptors (Lipinski definition) is 4. The molecule has 0 amide bonds. The normalized spacial score (nSPS) is 28.9. The van der Waals surface area contributed by atoms with Crippen molar-refractivity contribution in [1.82, 2.24) is 4.90 Å². The third-order valence-electron chi connectivity index (χ3n) is 2.94. The standard InChI is InChI=1S/C10H22N2O2S/c1-3-4-10(11)7-12-5-6-15(13,14)8-9(12)2/h9-10H,3-8,11H2,1-2H3. The topological polar surface area (TPSA) is 63.4 Å². The lowest BCUT2D eigenvalue weighted by atomic mass is 10.1. The third-order valence-corrected chi connectivity index (χ3v) is 4.73. The highest BCUT2D eigenvalue weighted by molar-refractivity contribution is 7.91. The Morgan fingerprint density at radius 3 is 2.73 bits per heavy atom. The van der Waals surface area contributed by atoms with E-state index >= 15 is 0 Å². The van der Waals surface area contributed by atoms with E-state index < -0.39 is 9.84 Å². The molecule has 1 heterocycles. The zero-order chi connectivity index (χ0) is 11.5. The molecule has 0 aromatic carbocycles. The first-order chi connectivity index (χ1) is 6.94. The Morgan fingerprint density at radius 2 is 2.20 bits per heavy atom. The summed E-state index contributed by atoms with van der Waals surface area (Å²) in [5, 5.41) is 0. The summed E-state index contributed by atoms with van der Waals surface area (Å²) in [4.78, 5) is 2.20. The van der Waals surface area contributed by atoms with Gasteiger partial charge in [0.15, 0.2) is 9.84 Å². The van der Waals surface area contributed by atoms with E-state index in [0.717, 1.165) is 19.4 Å². The van der Waals surface area contributed by atoms with Crippen molar-refractivity contribution in [3.05, 3.63) is 0 Å². The highest BCUT2D eigenvalue weighted by atomic mass is 32.2. The molecule has 0 spiro atoms. The van der Waals surface area contributed by atoms with Gasteiger partial charge in [0.1, 0.15) is 0 Å². The van der Waals surface area contributed by atoms with Crippen molar-refractivity contribution in [2.75, 3.05) is 24.6 Å². The monoisotopic (exact) mass is 234 g/mol. The highest BCUT2D eigenvalue weighted by Gasteiger charge is 2.28. The van der Waals surface area contributed by atoms with E-state index in [1.54, 1.807) is 0 Å².